The van der Waals surface area contributed by atoms with Crippen molar-refractivity contribution < 1.29 is 28.7 Å². The second kappa shape index (κ2) is 9.79. The van der Waals surface area contributed by atoms with Crippen molar-refractivity contribution in [3.8, 4) is 0 Å². The van der Waals surface area contributed by atoms with Crippen LogP contribution in [0.2, 0.25) is 0 Å². The molecule has 1 aliphatic carbocycles. The van der Waals surface area contributed by atoms with Crippen molar-refractivity contribution in [1.29, 1.82) is 0 Å². The zero-order chi connectivity index (χ0) is 22.7. The summed E-state index contributed by atoms with van der Waals surface area (Å²) in [6.07, 6.45) is 1.64. The topological polar surface area (TPSA) is 96.5 Å². The molecule has 3 amide bonds. The van der Waals surface area contributed by atoms with Crippen LogP contribution in [0.1, 0.15) is 36.5 Å². The number of benzene rings is 1. The molecule has 0 N–H and O–H groups in total. The third kappa shape index (κ3) is 4.83. The summed E-state index contributed by atoms with van der Waals surface area (Å²) in [6.45, 7) is 5.95. The van der Waals surface area contributed by atoms with E-state index in [4.69, 9.17) is 9.47 Å². The minimum absolute atomic E-state index is 0.0277. The van der Waals surface area contributed by atoms with Crippen LogP contribution in [0.5, 0.6) is 0 Å². The summed E-state index contributed by atoms with van der Waals surface area (Å²) in [6, 6.07) is 5.40. The first-order chi connectivity index (χ1) is 15.5. The molecular formula is C23H29N3O6. The number of hydrogen-bond donors (Lipinski definition) is 0. The van der Waals surface area contributed by atoms with Gasteiger partial charge < -0.3 is 14.4 Å². The Balaban J connectivity index is 1.48. The predicted molar refractivity (Wildman–Crippen MR) is 115 cm³/mol. The minimum atomic E-state index is -0.790. The maximum Gasteiger partial charge on any atom is 0.338 e. The molecule has 32 heavy (non-hydrogen) atoms. The molecule has 172 valence electrons. The molecular weight excluding hydrogens is 414 g/mol. The molecule has 1 atom stereocenters. The number of carbonyl (C=O) groups is 4. The highest BCUT2D eigenvalue weighted by Gasteiger charge is 2.46. The van der Waals surface area contributed by atoms with Gasteiger partial charge in [0.1, 0.15) is 6.04 Å². The minimum Gasteiger partial charge on any atom is -0.462 e. The summed E-state index contributed by atoms with van der Waals surface area (Å²) in [5, 5.41) is 0. The second-order valence-corrected chi connectivity index (χ2v) is 8.31. The van der Waals surface area contributed by atoms with Crippen LogP contribution in [-0.4, -0.2) is 85.5 Å². The van der Waals surface area contributed by atoms with Crippen LogP contribution in [-0.2, 0) is 23.9 Å². The van der Waals surface area contributed by atoms with E-state index in [-0.39, 0.29) is 30.8 Å². The normalized spacial score (nSPS) is 21.7. The van der Waals surface area contributed by atoms with Crippen LogP contribution < -0.4 is 4.90 Å². The fourth-order valence-corrected chi connectivity index (χ4v) is 4.15. The number of hydrogen-bond acceptors (Lipinski definition) is 7. The number of amides is 3. The fourth-order valence-electron chi connectivity index (χ4n) is 4.15. The van der Waals surface area contributed by atoms with Gasteiger partial charge in [0.15, 0.2) is 0 Å². The number of ether oxygens (including phenoxy) is 2. The van der Waals surface area contributed by atoms with Crippen molar-refractivity contribution in [3.05, 3.63) is 29.8 Å². The van der Waals surface area contributed by atoms with Crippen molar-refractivity contribution in [2.75, 3.05) is 50.9 Å². The number of carbonyl (C=O) groups excluding carboxylic acids is 4. The van der Waals surface area contributed by atoms with Crippen molar-refractivity contribution in [2.24, 2.45) is 5.92 Å². The fraction of sp³-hybridized carbons (Fsp3) is 0.565. The second-order valence-electron chi connectivity index (χ2n) is 8.31. The van der Waals surface area contributed by atoms with Gasteiger partial charge in [0, 0.05) is 32.1 Å². The van der Waals surface area contributed by atoms with Crippen LogP contribution in [0, 0.1) is 5.92 Å². The Labute approximate surface area is 187 Å². The molecule has 9 heteroatoms. The summed E-state index contributed by atoms with van der Waals surface area (Å²) in [4.78, 5) is 55.9. The molecule has 1 aromatic carbocycles. The molecule has 0 aromatic heterocycles. The summed E-state index contributed by atoms with van der Waals surface area (Å²) in [5.41, 5.74) is 0.741. The van der Waals surface area contributed by atoms with Crippen LogP contribution in [0.4, 0.5) is 5.69 Å². The van der Waals surface area contributed by atoms with Crippen molar-refractivity contribution in [1.82, 2.24) is 9.80 Å². The highest BCUT2D eigenvalue weighted by atomic mass is 16.5. The molecule has 4 rings (SSSR count). The summed E-state index contributed by atoms with van der Waals surface area (Å²) in [7, 11) is 0. The molecule has 3 fully saturated rings. The van der Waals surface area contributed by atoms with Crippen LogP contribution in [0.15, 0.2) is 24.3 Å². The number of anilines is 1. The molecule has 0 bridgehead atoms. The van der Waals surface area contributed by atoms with Gasteiger partial charge in [0.2, 0.25) is 11.8 Å². The highest BCUT2D eigenvalue weighted by Crippen LogP contribution is 2.34. The van der Waals surface area contributed by atoms with Gasteiger partial charge >= 0.3 is 5.97 Å². The monoisotopic (exact) mass is 443 g/mol. The Morgan fingerprint density at radius 1 is 1.12 bits per heavy atom. The average molecular weight is 444 g/mol. The average Bonchev–Trinajstić information content (AvgIpc) is 3.61. The molecule has 2 saturated heterocycles. The molecule has 2 heterocycles. The Bertz CT molecular complexity index is 876. The first-order valence-corrected chi connectivity index (χ1v) is 11.2. The maximum absolute atomic E-state index is 13.3. The quantitative estimate of drug-likeness (QED) is 0.438. The van der Waals surface area contributed by atoms with Gasteiger partial charge in [-0.05, 0) is 44.0 Å². The Morgan fingerprint density at radius 2 is 1.81 bits per heavy atom. The molecule has 9 nitrogen and oxygen atoms in total. The first-order valence-electron chi connectivity index (χ1n) is 11.2. The zero-order valence-electron chi connectivity index (χ0n) is 18.3. The van der Waals surface area contributed by atoms with E-state index in [1.807, 2.05) is 0 Å². The number of rotatable bonds is 8. The standard InChI is InChI=1S/C23H29N3O6/c1-2-32-23(30)17-5-7-18(8-6-17)26-20(27)15-19(22(26)29)25(21(28)16-3-4-16)10-9-24-11-13-31-14-12-24/h5-8,16,19H,2-4,9-15H2,1H3. The number of imide groups is 1. The van der Waals surface area contributed by atoms with E-state index in [0.717, 1.165) is 30.8 Å². The lowest BCUT2D eigenvalue weighted by Gasteiger charge is -2.32. The van der Waals surface area contributed by atoms with Gasteiger partial charge in [0.05, 0.1) is 37.5 Å². The van der Waals surface area contributed by atoms with Gasteiger partial charge in [-0.3, -0.25) is 19.3 Å². The lowest BCUT2D eigenvalue weighted by molar-refractivity contribution is -0.139. The molecule has 1 unspecified atom stereocenters. The molecule has 0 spiro atoms. The largest absolute Gasteiger partial charge is 0.462 e. The first kappa shape index (κ1) is 22.4. The van der Waals surface area contributed by atoms with Crippen molar-refractivity contribution in [3.63, 3.8) is 0 Å². The van der Waals surface area contributed by atoms with E-state index >= 15 is 0 Å². The SMILES string of the molecule is CCOC(=O)c1ccc(N2C(=O)CC(N(CCN3CCOCC3)C(=O)C3CC3)C2=O)cc1. The number of morpholine rings is 1. The van der Waals surface area contributed by atoms with Gasteiger partial charge in [-0.1, -0.05) is 0 Å². The van der Waals surface area contributed by atoms with Gasteiger partial charge in [-0.25, -0.2) is 9.69 Å². The smallest absolute Gasteiger partial charge is 0.338 e. The Hall–Kier alpha value is -2.78. The molecule has 0 radical (unpaired) electrons. The highest BCUT2D eigenvalue weighted by molar-refractivity contribution is 6.23. The summed E-state index contributed by atoms with van der Waals surface area (Å²) in [5.74, 6) is -1.27. The van der Waals surface area contributed by atoms with Gasteiger partial charge in [-0.2, -0.15) is 0 Å². The van der Waals surface area contributed by atoms with Crippen molar-refractivity contribution >= 4 is 29.4 Å². The van der Waals surface area contributed by atoms with Crippen LogP contribution >= 0.6 is 0 Å². The number of esters is 1. The van der Waals surface area contributed by atoms with E-state index in [1.54, 1.807) is 24.0 Å². The van der Waals surface area contributed by atoms with Gasteiger partial charge in [-0.15, -0.1) is 0 Å². The van der Waals surface area contributed by atoms with E-state index in [1.165, 1.54) is 12.1 Å². The van der Waals surface area contributed by atoms with Gasteiger partial charge in [0.25, 0.3) is 5.91 Å². The van der Waals surface area contributed by atoms with Crippen LogP contribution in [0.25, 0.3) is 0 Å². The lowest BCUT2D eigenvalue weighted by Crippen LogP contribution is -2.50. The molecule has 2 aliphatic heterocycles. The third-order valence-electron chi connectivity index (χ3n) is 6.11. The number of nitrogens with zero attached hydrogens (tertiary/aromatic N) is 3. The lowest BCUT2D eigenvalue weighted by atomic mass is 10.1. The van der Waals surface area contributed by atoms with Crippen LogP contribution in [0.3, 0.4) is 0 Å². The zero-order valence-corrected chi connectivity index (χ0v) is 18.3. The summed E-state index contributed by atoms with van der Waals surface area (Å²) < 4.78 is 10.3. The predicted octanol–water partition coefficient (Wildman–Crippen LogP) is 1.07. The van der Waals surface area contributed by atoms with E-state index in [2.05, 4.69) is 4.90 Å². The molecule has 1 aromatic rings. The van der Waals surface area contributed by atoms with E-state index in [9.17, 15) is 19.2 Å². The third-order valence-corrected chi connectivity index (χ3v) is 6.11. The maximum atomic E-state index is 13.3. The Morgan fingerprint density at radius 3 is 2.44 bits per heavy atom. The molecule has 3 aliphatic rings. The molecule has 1 saturated carbocycles. The van der Waals surface area contributed by atoms with E-state index < -0.39 is 17.9 Å². The summed E-state index contributed by atoms with van der Waals surface area (Å²) >= 11 is 0. The van der Waals surface area contributed by atoms with Crippen molar-refractivity contribution in [2.45, 2.75) is 32.2 Å². The van der Waals surface area contributed by atoms with E-state index in [0.29, 0.717) is 37.6 Å². The Kier molecular flexibility index (Phi) is 6.86.